The number of fused-ring (bicyclic) bond motifs is 1. The Bertz CT molecular complexity index is 1240. The number of aromatic nitrogens is 4. The Hall–Kier alpha value is -3.09. The number of anilines is 1. The van der Waals surface area contributed by atoms with E-state index in [1.165, 1.54) is 19.6 Å². The van der Waals surface area contributed by atoms with E-state index in [0.717, 1.165) is 0 Å². The smallest absolute Gasteiger partial charge is 0.459 e. The molecule has 3 aromatic rings. The van der Waals surface area contributed by atoms with Crippen LogP contribution in [0.5, 0.6) is 5.75 Å². The lowest BCUT2D eigenvalue weighted by Gasteiger charge is -2.24. The number of rotatable bonds is 10. The SMILES string of the molecule is CC(C)OC(=O)C(C)NP(=O)(OC[C@@H]1C[C@@H](O)[C@H](n2cnc3c(N)ncnc32)O1)Oc1ccccc1. The molecule has 14 heteroatoms. The first-order valence-electron chi connectivity index (χ1n) is 11.4. The minimum Gasteiger partial charge on any atom is -0.462 e. The third-order valence-electron chi connectivity index (χ3n) is 5.28. The highest BCUT2D eigenvalue weighted by Gasteiger charge is 2.39. The summed E-state index contributed by atoms with van der Waals surface area (Å²) in [6, 6.07) is 7.44. The Kier molecular flexibility index (Phi) is 7.86. The Balaban J connectivity index is 1.46. The summed E-state index contributed by atoms with van der Waals surface area (Å²) in [6.45, 7) is 4.73. The van der Waals surface area contributed by atoms with Crippen molar-refractivity contribution < 1.29 is 33.0 Å². The maximum Gasteiger partial charge on any atom is 0.459 e. The molecule has 4 rings (SSSR count). The minimum atomic E-state index is -4.06. The van der Waals surface area contributed by atoms with Crippen molar-refractivity contribution in [2.75, 3.05) is 12.3 Å². The Morgan fingerprint density at radius 1 is 1.28 bits per heavy atom. The summed E-state index contributed by atoms with van der Waals surface area (Å²) in [6.07, 6.45) is 0.207. The summed E-state index contributed by atoms with van der Waals surface area (Å²) in [5.41, 5.74) is 6.64. The number of esters is 1. The lowest BCUT2D eigenvalue weighted by Crippen LogP contribution is -2.36. The Morgan fingerprint density at radius 2 is 2.03 bits per heavy atom. The number of aliphatic hydroxyl groups is 1. The minimum absolute atomic E-state index is 0.182. The molecule has 0 radical (unpaired) electrons. The van der Waals surface area contributed by atoms with Crippen LogP contribution in [0, 0.1) is 0 Å². The van der Waals surface area contributed by atoms with Crippen LogP contribution in [0.2, 0.25) is 0 Å². The lowest BCUT2D eigenvalue weighted by molar-refractivity contribution is -0.149. The molecule has 1 aromatic carbocycles. The molecular weight excluding hydrogens is 491 g/mol. The third kappa shape index (κ3) is 6.00. The van der Waals surface area contributed by atoms with E-state index in [9.17, 15) is 14.5 Å². The molecule has 3 heterocycles. The predicted octanol–water partition coefficient (Wildman–Crippen LogP) is 2.19. The van der Waals surface area contributed by atoms with Gasteiger partial charge in [-0.15, -0.1) is 0 Å². The van der Waals surface area contributed by atoms with Gasteiger partial charge in [-0.05, 0) is 32.9 Å². The van der Waals surface area contributed by atoms with Gasteiger partial charge in [-0.25, -0.2) is 19.5 Å². The van der Waals surface area contributed by atoms with Crippen molar-refractivity contribution in [3.05, 3.63) is 43.0 Å². The zero-order valence-electron chi connectivity index (χ0n) is 20.1. The number of aliphatic hydroxyl groups excluding tert-OH is 1. The average Bonchev–Trinajstić information content (AvgIpc) is 3.41. The number of hydrogen-bond acceptors (Lipinski definition) is 11. The molecule has 4 N–H and O–H groups in total. The van der Waals surface area contributed by atoms with E-state index in [1.54, 1.807) is 48.7 Å². The van der Waals surface area contributed by atoms with E-state index >= 15 is 0 Å². The van der Waals surface area contributed by atoms with Gasteiger partial charge in [-0.1, -0.05) is 18.2 Å². The summed E-state index contributed by atoms with van der Waals surface area (Å²) in [5, 5.41) is 13.3. The number of benzene rings is 1. The first kappa shape index (κ1) is 26.0. The predicted molar refractivity (Wildman–Crippen MR) is 129 cm³/mol. The largest absolute Gasteiger partial charge is 0.462 e. The molecule has 1 aliphatic heterocycles. The molecule has 0 aliphatic carbocycles. The molecule has 1 fully saturated rings. The summed E-state index contributed by atoms with van der Waals surface area (Å²) in [5.74, 6) is -0.113. The zero-order chi connectivity index (χ0) is 25.9. The number of carbonyl (C=O) groups excluding carboxylic acids is 1. The quantitative estimate of drug-likeness (QED) is 0.263. The van der Waals surface area contributed by atoms with Gasteiger partial charge in [0.1, 0.15) is 29.7 Å². The molecule has 2 aromatic heterocycles. The van der Waals surface area contributed by atoms with Gasteiger partial charge < -0.3 is 24.8 Å². The highest BCUT2D eigenvalue weighted by Crippen LogP contribution is 2.46. The fraction of sp³-hybridized carbons (Fsp3) is 0.455. The molecule has 0 saturated carbocycles. The number of hydrogen-bond donors (Lipinski definition) is 3. The van der Waals surface area contributed by atoms with Crippen molar-refractivity contribution in [2.24, 2.45) is 0 Å². The second-order valence-electron chi connectivity index (χ2n) is 8.57. The average molecular weight is 520 g/mol. The van der Waals surface area contributed by atoms with Crippen LogP contribution >= 0.6 is 7.75 Å². The molecule has 5 atom stereocenters. The van der Waals surface area contributed by atoms with E-state index in [4.69, 9.17) is 24.3 Å². The van der Waals surface area contributed by atoms with Crippen molar-refractivity contribution in [2.45, 2.75) is 57.8 Å². The summed E-state index contributed by atoms with van der Waals surface area (Å²) >= 11 is 0. The fourth-order valence-corrected chi connectivity index (χ4v) is 5.18. The van der Waals surface area contributed by atoms with Crippen LogP contribution in [-0.4, -0.2) is 61.6 Å². The van der Waals surface area contributed by atoms with Crippen molar-refractivity contribution in [1.82, 2.24) is 24.6 Å². The Morgan fingerprint density at radius 3 is 2.75 bits per heavy atom. The number of para-hydroxylation sites is 1. The first-order chi connectivity index (χ1) is 17.1. The van der Waals surface area contributed by atoms with Gasteiger partial charge in [0, 0.05) is 6.42 Å². The van der Waals surface area contributed by atoms with Crippen LogP contribution in [0.1, 0.15) is 33.4 Å². The van der Waals surface area contributed by atoms with Crippen molar-refractivity contribution in [3.63, 3.8) is 0 Å². The standard InChI is InChI=1S/C22H29N6O7P/c1-13(2)33-22(30)14(3)27-36(31,35-15-7-5-4-6-8-15)32-10-16-9-17(29)21(34-16)28-12-26-18-19(23)24-11-25-20(18)28/h4-8,11-14,16-17,21,29H,9-10H2,1-3H3,(H,27,31)(H2,23,24,25)/t14?,16-,17+,21+,36?/m0/s1. The highest BCUT2D eigenvalue weighted by molar-refractivity contribution is 7.52. The van der Waals surface area contributed by atoms with Gasteiger partial charge in [0.2, 0.25) is 0 Å². The van der Waals surface area contributed by atoms with E-state index in [1.807, 2.05) is 0 Å². The van der Waals surface area contributed by atoms with Crippen LogP contribution in [0.15, 0.2) is 43.0 Å². The van der Waals surface area contributed by atoms with E-state index < -0.39 is 38.2 Å². The topological polar surface area (TPSA) is 173 Å². The molecule has 0 spiro atoms. The van der Waals surface area contributed by atoms with Crippen molar-refractivity contribution >= 4 is 30.7 Å². The highest BCUT2D eigenvalue weighted by atomic mass is 31.2. The van der Waals surface area contributed by atoms with Crippen LogP contribution < -0.4 is 15.3 Å². The molecule has 2 unspecified atom stereocenters. The van der Waals surface area contributed by atoms with E-state index in [0.29, 0.717) is 11.2 Å². The fourth-order valence-electron chi connectivity index (χ4n) is 3.66. The van der Waals surface area contributed by atoms with Crippen LogP contribution in [0.4, 0.5) is 5.82 Å². The van der Waals surface area contributed by atoms with Gasteiger partial charge in [-0.2, -0.15) is 5.09 Å². The molecule has 13 nitrogen and oxygen atoms in total. The number of nitrogen functional groups attached to an aromatic ring is 1. The summed E-state index contributed by atoms with van der Waals surface area (Å²) in [4.78, 5) is 24.6. The van der Waals surface area contributed by atoms with Crippen molar-refractivity contribution in [1.29, 1.82) is 0 Å². The summed E-state index contributed by atoms with van der Waals surface area (Å²) in [7, 11) is -4.06. The van der Waals surface area contributed by atoms with Crippen LogP contribution in [-0.2, 0) is 23.4 Å². The van der Waals surface area contributed by atoms with Gasteiger partial charge in [0.15, 0.2) is 17.7 Å². The lowest BCUT2D eigenvalue weighted by atomic mass is 10.2. The van der Waals surface area contributed by atoms with Crippen molar-refractivity contribution in [3.8, 4) is 5.75 Å². The molecule has 0 amide bonds. The molecule has 36 heavy (non-hydrogen) atoms. The zero-order valence-corrected chi connectivity index (χ0v) is 20.9. The first-order valence-corrected chi connectivity index (χ1v) is 12.9. The van der Waals surface area contributed by atoms with Gasteiger partial charge in [0.05, 0.1) is 25.1 Å². The molecule has 194 valence electrons. The number of nitrogens with two attached hydrogens (primary N) is 1. The number of nitrogens with one attached hydrogen (secondary N) is 1. The van der Waals surface area contributed by atoms with E-state index in [-0.39, 0.29) is 30.7 Å². The number of carbonyl (C=O) groups is 1. The van der Waals surface area contributed by atoms with Gasteiger partial charge in [0.25, 0.3) is 0 Å². The Labute approximate surface area is 207 Å². The van der Waals surface area contributed by atoms with Crippen LogP contribution in [0.3, 0.4) is 0 Å². The second kappa shape index (κ2) is 10.9. The number of imidazole rings is 1. The summed E-state index contributed by atoms with van der Waals surface area (Å²) < 4.78 is 37.6. The molecule has 1 saturated heterocycles. The number of nitrogens with zero attached hydrogens (tertiary/aromatic N) is 4. The third-order valence-corrected chi connectivity index (χ3v) is 6.93. The van der Waals surface area contributed by atoms with Crippen LogP contribution in [0.25, 0.3) is 11.2 Å². The van der Waals surface area contributed by atoms with Gasteiger partial charge in [-0.3, -0.25) is 13.9 Å². The molecule has 1 aliphatic rings. The molecule has 0 bridgehead atoms. The second-order valence-corrected chi connectivity index (χ2v) is 10.3. The maximum atomic E-state index is 13.6. The number of ether oxygens (including phenoxy) is 2. The molecular formula is C22H29N6O7P. The van der Waals surface area contributed by atoms with E-state index in [2.05, 4.69) is 20.0 Å². The monoisotopic (exact) mass is 520 g/mol. The van der Waals surface area contributed by atoms with Gasteiger partial charge >= 0.3 is 13.7 Å². The maximum absolute atomic E-state index is 13.6. The normalized spacial score (nSPS) is 22.4.